The van der Waals surface area contributed by atoms with Crippen molar-refractivity contribution in [3.05, 3.63) is 23.6 Å². The first-order valence-corrected chi connectivity index (χ1v) is 5.29. The van der Waals surface area contributed by atoms with Crippen LogP contribution in [0, 0.1) is 5.82 Å². The third kappa shape index (κ3) is 3.99. The van der Waals surface area contributed by atoms with E-state index in [9.17, 15) is 9.18 Å². The Balaban J connectivity index is 2.64. The van der Waals surface area contributed by atoms with E-state index < -0.39 is 5.82 Å². The monoisotopic (exact) mass is 241 g/mol. The van der Waals surface area contributed by atoms with Crippen LogP contribution in [0.1, 0.15) is 16.8 Å². The number of anilines is 1. The molecule has 0 bridgehead atoms. The van der Waals surface area contributed by atoms with Gasteiger partial charge in [0.1, 0.15) is 11.6 Å². The van der Waals surface area contributed by atoms with Crippen LogP contribution in [0.3, 0.4) is 0 Å². The molecule has 5 nitrogen and oxygen atoms in total. The molecule has 2 N–H and O–H groups in total. The van der Waals surface area contributed by atoms with Crippen LogP contribution in [-0.4, -0.2) is 38.2 Å². The highest BCUT2D eigenvalue weighted by Crippen LogP contribution is 2.12. The van der Waals surface area contributed by atoms with Crippen molar-refractivity contribution >= 4 is 11.7 Å². The van der Waals surface area contributed by atoms with E-state index in [0.29, 0.717) is 25.4 Å². The Hall–Kier alpha value is -1.69. The summed E-state index contributed by atoms with van der Waals surface area (Å²) < 4.78 is 17.9. The summed E-state index contributed by atoms with van der Waals surface area (Å²) in [6.07, 6.45) is 1.77. The van der Waals surface area contributed by atoms with Crippen LogP contribution in [0.4, 0.5) is 10.2 Å². The van der Waals surface area contributed by atoms with Crippen molar-refractivity contribution in [1.82, 2.24) is 10.3 Å². The molecule has 0 aliphatic carbocycles. The molecule has 0 saturated heterocycles. The molecule has 0 aliphatic rings. The Morgan fingerprint density at radius 1 is 1.59 bits per heavy atom. The van der Waals surface area contributed by atoms with Gasteiger partial charge in [-0.2, -0.15) is 0 Å². The summed E-state index contributed by atoms with van der Waals surface area (Å²) in [5.74, 6) is -0.529. The number of pyridine rings is 1. The number of methoxy groups -OCH3 is 1. The average Bonchev–Trinajstić information content (AvgIpc) is 2.34. The Morgan fingerprint density at radius 3 is 3.00 bits per heavy atom. The first kappa shape index (κ1) is 13.4. The van der Waals surface area contributed by atoms with Crippen molar-refractivity contribution in [1.29, 1.82) is 0 Å². The number of aromatic nitrogens is 1. The van der Waals surface area contributed by atoms with Crippen LogP contribution >= 0.6 is 0 Å². The second-order valence-electron chi connectivity index (χ2n) is 3.40. The lowest BCUT2D eigenvalue weighted by molar-refractivity contribution is 0.0948. The molecule has 0 saturated carbocycles. The zero-order valence-corrected chi connectivity index (χ0v) is 9.92. The van der Waals surface area contributed by atoms with Crippen molar-refractivity contribution in [2.24, 2.45) is 0 Å². The lowest BCUT2D eigenvalue weighted by atomic mass is 10.2. The number of hydrogen-bond acceptors (Lipinski definition) is 4. The van der Waals surface area contributed by atoms with Gasteiger partial charge in [-0.25, -0.2) is 9.37 Å². The summed E-state index contributed by atoms with van der Waals surface area (Å²) in [4.78, 5) is 15.5. The van der Waals surface area contributed by atoms with E-state index >= 15 is 0 Å². The van der Waals surface area contributed by atoms with Crippen LogP contribution in [0.2, 0.25) is 0 Å². The van der Waals surface area contributed by atoms with Crippen LogP contribution in [0.15, 0.2) is 12.3 Å². The van der Waals surface area contributed by atoms with Gasteiger partial charge in [0.25, 0.3) is 5.91 Å². The predicted octanol–water partition coefficient (Wildman–Crippen LogP) is 1.03. The molecular formula is C11H16FN3O2. The molecule has 0 fully saturated rings. The van der Waals surface area contributed by atoms with Crippen molar-refractivity contribution in [2.45, 2.75) is 6.42 Å². The fraction of sp³-hybridized carbons (Fsp3) is 0.455. The Labute approximate surface area is 99.4 Å². The summed E-state index contributed by atoms with van der Waals surface area (Å²) in [5.41, 5.74) is 0.199. The number of carbonyl (C=O) groups is 1. The van der Waals surface area contributed by atoms with Gasteiger partial charge < -0.3 is 15.4 Å². The van der Waals surface area contributed by atoms with Gasteiger partial charge in [-0.05, 0) is 12.5 Å². The lowest BCUT2D eigenvalue weighted by Crippen LogP contribution is -2.26. The summed E-state index contributed by atoms with van der Waals surface area (Å²) in [6, 6.07) is 1.16. The van der Waals surface area contributed by atoms with Crippen LogP contribution in [0.25, 0.3) is 0 Å². The number of rotatable bonds is 6. The number of nitrogens with one attached hydrogen (secondary N) is 2. The zero-order valence-electron chi connectivity index (χ0n) is 9.92. The maximum atomic E-state index is 13.0. The van der Waals surface area contributed by atoms with Crippen LogP contribution in [-0.2, 0) is 4.74 Å². The SMILES string of the molecule is CNc1ncc(F)cc1C(=O)NCCCOC. The summed E-state index contributed by atoms with van der Waals surface area (Å²) in [7, 11) is 3.22. The van der Waals surface area contributed by atoms with Gasteiger partial charge in [0.2, 0.25) is 0 Å². The average molecular weight is 241 g/mol. The molecule has 6 heteroatoms. The summed E-state index contributed by atoms with van der Waals surface area (Å²) in [5, 5.41) is 5.41. The van der Waals surface area contributed by atoms with Crippen LogP contribution < -0.4 is 10.6 Å². The molecule has 17 heavy (non-hydrogen) atoms. The molecule has 1 amide bonds. The molecular weight excluding hydrogens is 225 g/mol. The third-order valence-electron chi connectivity index (χ3n) is 2.15. The molecule has 0 atom stereocenters. The first-order chi connectivity index (χ1) is 8.19. The topological polar surface area (TPSA) is 63.2 Å². The smallest absolute Gasteiger partial charge is 0.255 e. The van der Waals surface area contributed by atoms with E-state index in [2.05, 4.69) is 15.6 Å². The minimum atomic E-state index is -0.536. The normalized spacial score (nSPS) is 10.1. The van der Waals surface area contributed by atoms with E-state index in [1.54, 1.807) is 14.2 Å². The maximum Gasteiger partial charge on any atom is 0.255 e. The second kappa shape index (κ2) is 6.80. The van der Waals surface area contributed by atoms with Crippen molar-refractivity contribution < 1.29 is 13.9 Å². The number of amides is 1. The van der Waals surface area contributed by atoms with E-state index in [1.165, 1.54) is 0 Å². The molecule has 0 radical (unpaired) electrons. The number of hydrogen-bond donors (Lipinski definition) is 2. The quantitative estimate of drug-likeness (QED) is 0.730. The largest absolute Gasteiger partial charge is 0.385 e. The highest BCUT2D eigenvalue weighted by molar-refractivity contribution is 5.98. The minimum Gasteiger partial charge on any atom is -0.385 e. The number of nitrogens with zero attached hydrogens (tertiary/aromatic N) is 1. The summed E-state index contributed by atoms with van der Waals surface area (Å²) >= 11 is 0. The van der Waals surface area contributed by atoms with Gasteiger partial charge in [0, 0.05) is 27.3 Å². The molecule has 0 unspecified atom stereocenters. The Kier molecular flexibility index (Phi) is 5.35. The first-order valence-electron chi connectivity index (χ1n) is 5.29. The van der Waals surface area contributed by atoms with Crippen molar-refractivity contribution in [3.8, 4) is 0 Å². The standard InChI is InChI=1S/C11H16FN3O2/c1-13-10-9(6-8(12)7-15-10)11(16)14-4-3-5-17-2/h6-7H,3-5H2,1-2H3,(H,13,15)(H,14,16). The van der Waals surface area contributed by atoms with Gasteiger partial charge in [0.15, 0.2) is 0 Å². The van der Waals surface area contributed by atoms with Crippen LogP contribution in [0.5, 0.6) is 0 Å². The van der Waals surface area contributed by atoms with E-state index in [0.717, 1.165) is 12.3 Å². The molecule has 1 aromatic heterocycles. The molecule has 94 valence electrons. The molecule has 0 spiro atoms. The number of ether oxygens (including phenoxy) is 1. The van der Waals surface area contributed by atoms with E-state index in [4.69, 9.17) is 4.74 Å². The number of halogens is 1. The van der Waals surface area contributed by atoms with E-state index in [-0.39, 0.29) is 11.5 Å². The molecule has 1 rings (SSSR count). The zero-order chi connectivity index (χ0) is 12.7. The second-order valence-corrected chi connectivity index (χ2v) is 3.40. The third-order valence-corrected chi connectivity index (χ3v) is 2.15. The van der Waals surface area contributed by atoms with E-state index in [1.807, 2.05) is 0 Å². The van der Waals surface area contributed by atoms with Gasteiger partial charge in [-0.1, -0.05) is 0 Å². The molecule has 1 aromatic rings. The van der Waals surface area contributed by atoms with Crippen molar-refractivity contribution in [3.63, 3.8) is 0 Å². The summed E-state index contributed by atoms with van der Waals surface area (Å²) in [6.45, 7) is 1.05. The Morgan fingerprint density at radius 2 is 2.35 bits per heavy atom. The molecule has 1 heterocycles. The van der Waals surface area contributed by atoms with Crippen molar-refractivity contribution in [2.75, 3.05) is 32.6 Å². The lowest BCUT2D eigenvalue weighted by Gasteiger charge is -2.08. The van der Waals surface area contributed by atoms with Gasteiger partial charge in [-0.3, -0.25) is 4.79 Å². The fourth-order valence-corrected chi connectivity index (χ4v) is 1.33. The molecule has 0 aliphatic heterocycles. The highest BCUT2D eigenvalue weighted by Gasteiger charge is 2.12. The fourth-order valence-electron chi connectivity index (χ4n) is 1.33. The predicted molar refractivity (Wildman–Crippen MR) is 62.6 cm³/mol. The van der Waals surface area contributed by atoms with Gasteiger partial charge in [0.05, 0.1) is 11.8 Å². The van der Waals surface area contributed by atoms with Gasteiger partial charge in [-0.15, -0.1) is 0 Å². The maximum absolute atomic E-state index is 13.0. The Bertz CT molecular complexity index is 385. The molecule has 0 aromatic carbocycles. The number of carbonyl (C=O) groups excluding carboxylic acids is 1. The minimum absolute atomic E-state index is 0.199. The highest BCUT2D eigenvalue weighted by atomic mass is 19.1. The van der Waals surface area contributed by atoms with Gasteiger partial charge >= 0.3 is 0 Å².